The first-order chi connectivity index (χ1) is 8.16. The van der Waals surface area contributed by atoms with Crippen LogP contribution in [0.3, 0.4) is 0 Å². The predicted molar refractivity (Wildman–Crippen MR) is 67.4 cm³/mol. The molecule has 2 rings (SSSR count). The maximum atomic E-state index is 11.5. The van der Waals surface area contributed by atoms with Crippen molar-refractivity contribution in [3.05, 3.63) is 46.1 Å². The molecule has 0 bridgehead atoms. The molecule has 0 fully saturated rings. The smallest absolute Gasteiger partial charge is 0.345 e. The van der Waals surface area contributed by atoms with Crippen molar-refractivity contribution < 1.29 is 0 Å². The zero-order valence-corrected chi connectivity index (χ0v) is 10.2. The maximum Gasteiger partial charge on any atom is 0.345 e. The molecular weight excluding hydrogens is 240 g/mol. The number of rotatable bonds is 4. The molecule has 2 aromatic rings. The van der Waals surface area contributed by atoms with Gasteiger partial charge in [-0.15, -0.1) is 0 Å². The molecule has 1 N–H and O–H groups in total. The van der Waals surface area contributed by atoms with Crippen molar-refractivity contribution in [2.45, 2.75) is 6.54 Å². The highest BCUT2D eigenvalue weighted by molar-refractivity contribution is 6.30. The third kappa shape index (κ3) is 2.88. The van der Waals surface area contributed by atoms with Gasteiger partial charge >= 0.3 is 5.69 Å². The molecule has 5 nitrogen and oxygen atoms in total. The first kappa shape index (κ1) is 11.7. The quantitative estimate of drug-likeness (QED) is 0.894. The summed E-state index contributed by atoms with van der Waals surface area (Å²) in [5.74, 6) is 0. The van der Waals surface area contributed by atoms with E-state index in [0.717, 1.165) is 5.69 Å². The molecule has 0 atom stereocenters. The average Bonchev–Trinajstić information content (AvgIpc) is 2.61. The zero-order chi connectivity index (χ0) is 12.3. The minimum atomic E-state index is -0.113. The Morgan fingerprint density at radius 2 is 2.29 bits per heavy atom. The third-order valence-corrected chi connectivity index (χ3v) is 2.60. The monoisotopic (exact) mass is 252 g/mol. The first-order valence-electron chi connectivity index (χ1n) is 5.25. The van der Waals surface area contributed by atoms with Crippen LogP contribution in [0, 0.1) is 0 Å². The summed E-state index contributed by atoms with van der Waals surface area (Å²) in [6.07, 6.45) is 1.50. The predicted octanol–water partition coefficient (Wildman–Crippen LogP) is 1.35. The standard InChI is InChI=1S/C11H13ClN4O/c1-15-8-14-16(11(15)17)6-5-13-10-4-2-3-9(12)7-10/h2-4,7-8,13H,5-6H2,1H3. The Morgan fingerprint density at radius 1 is 1.47 bits per heavy atom. The summed E-state index contributed by atoms with van der Waals surface area (Å²) >= 11 is 5.86. The van der Waals surface area contributed by atoms with Crippen molar-refractivity contribution in [3.63, 3.8) is 0 Å². The molecule has 0 aliphatic carbocycles. The van der Waals surface area contributed by atoms with Gasteiger partial charge in [0.2, 0.25) is 0 Å². The van der Waals surface area contributed by atoms with Crippen molar-refractivity contribution in [1.29, 1.82) is 0 Å². The summed E-state index contributed by atoms with van der Waals surface area (Å²) in [4.78, 5) is 11.5. The Morgan fingerprint density at radius 3 is 2.94 bits per heavy atom. The van der Waals surface area contributed by atoms with E-state index in [1.165, 1.54) is 15.6 Å². The van der Waals surface area contributed by atoms with E-state index in [2.05, 4.69) is 10.4 Å². The highest BCUT2D eigenvalue weighted by Crippen LogP contribution is 2.14. The van der Waals surface area contributed by atoms with Gasteiger partial charge in [0.1, 0.15) is 6.33 Å². The fourth-order valence-corrected chi connectivity index (χ4v) is 1.67. The molecule has 1 aromatic heterocycles. The summed E-state index contributed by atoms with van der Waals surface area (Å²) < 4.78 is 2.86. The molecule has 0 spiro atoms. The van der Waals surface area contributed by atoms with Crippen LogP contribution >= 0.6 is 11.6 Å². The van der Waals surface area contributed by atoms with Crippen molar-refractivity contribution >= 4 is 17.3 Å². The minimum absolute atomic E-state index is 0.113. The summed E-state index contributed by atoms with van der Waals surface area (Å²) in [7, 11) is 1.68. The SMILES string of the molecule is Cn1cnn(CCNc2cccc(Cl)c2)c1=O. The number of aromatic nitrogens is 3. The van der Waals surface area contributed by atoms with Gasteiger partial charge in [-0.05, 0) is 18.2 Å². The fourth-order valence-electron chi connectivity index (χ4n) is 1.48. The van der Waals surface area contributed by atoms with E-state index >= 15 is 0 Å². The second-order valence-electron chi connectivity index (χ2n) is 3.68. The number of nitrogens with zero attached hydrogens (tertiary/aromatic N) is 3. The highest BCUT2D eigenvalue weighted by Gasteiger charge is 2.00. The lowest BCUT2D eigenvalue weighted by molar-refractivity contribution is 0.605. The second-order valence-corrected chi connectivity index (χ2v) is 4.12. The lowest BCUT2D eigenvalue weighted by Gasteiger charge is -2.05. The van der Waals surface area contributed by atoms with Crippen LogP contribution in [-0.4, -0.2) is 20.9 Å². The molecule has 0 unspecified atom stereocenters. The van der Waals surface area contributed by atoms with Gasteiger partial charge in [-0.3, -0.25) is 4.57 Å². The highest BCUT2D eigenvalue weighted by atomic mass is 35.5. The van der Waals surface area contributed by atoms with Crippen LogP contribution in [0.25, 0.3) is 0 Å². The number of nitrogens with one attached hydrogen (secondary N) is 1. The topological polar surface area (TPSA) is 51.9 Å². The van der Waals surface area contributed by atoms with Gasteiger partial charge in [-0.25, -0.2) is 9.48 Å². The molecule has 0 saturated carbocycles. The Balaban J connectivity index is 1.92. The first-order valence-corrected chi connectivity index (χ1v) is 5.62. The molecule has 0 radical (unpaired) electrons. The number of hydrogen-bond donors (Lipinski definition) is 1. The van der Waals surface area contributed by atoms with Crippen LogP contribution in [0.5, 0.6) is 0 Å². The third-order valence-electron chi connectivity index (χ3n) is 2.36. The van der Waals surface area contributed by atoms with Crippen LogP contribution in [0.4, 0.5) is 5.69 Å². The zero-order valence-electron chi connectivity index (χ0n) is 9.43. The number of halogens is 1. The van der Waals surface area contributed by atoms with Crippen molar-refractivity contribution in [2.75, 3.05) is 11.9 Å². The Kier molecular flexibility index (Phi) is 3.49. The van der Waals surface area contributed by atoms with Crippen molar-refractivity contribution in [3.8, 4) is 0 Å². The van der Waals surface area contributed by atoms with Gasteiger partial charge in [0.25, 0.3) is 0 Å². The molecule has 17 heavy (non-hydrogen) atoms. The van der Waals surface area contributed by atoms with Gasteiger partial charge in [0, 0.05) is 24.3 Å². The van der Waals surface area contributed by atoms with E-state index in [1.54, 1.807) is 7.05 Å². The normalized spacial score (nSPS) is 10.5. The van der Waals surface area contributed by atoms with Gasteiger partial charge in [0.15, 0.2) is 0 Å². The van der Waals surface area contributed by atoms with E-state index in [0.29, 0.717) is 18.1 Å². The van der Waals surface area contributed by atoms with Crippen LogP contribution < -0.4 is 11.0 Å². The molecule has 6 heteroatoms. The summed E-state index contributed by atoms with van der Waals surface area (Å²) in [6, 6.07) is 7.45. The molecule has 0 aliphatic rings. The number of benzene rings is 1. The van der Waals surface area contributed by atoms with Crippen LogP contribution in [-0.2, 0) is 13.6 Å². The van der Waals surface area contributed by atoms with Crippen LogP contribution in [0.15, 0.2) is 35.4 Å². The number of hydrogen-bond acceptors (Lipinski definition) is 3. The number of anilines is 1. The van der Waals surface area contributed by atoms with E-state index in [4.69, 9.17) is 11.6 Å². The fraction of sp³-hybridized carbons (Fsp3) is 0.273. The molecule has 1 heterocycles. The summed E-state index contributed by atoms with van der Waals surface area (Å²) in [5, 5.41) is 7.83. The van der Waals surface area contributed by atoms with Crippen molar-refractivity contribution in [1.82, 2.24) is 14.3 Å². The van der Waals surface area contributed by atoms with Gasteiger partial charge in [-0.2, -0.15) is 5.10 Å². The number of aryl methyl sites for hydroxylation is 1. The Labute approximate surface area is 104 Å². The van der Waals surface area contributed by atoms with Crippen LogP contribution in [0.2, 0.25) is 5.02 Å². The summed E-state index contributed by atoms with van der Waals surface area (Å²) in [6.45, 7) is 1.14. The second kappa shape index (κ2) is 5.05. The van der Waals surface area contributed by atoms with E-state index in [-0.39, 0.29) is 5.69 Å². The van der Waals surface area contributed by atoms with Gasteiger partial charge in [0.05, 0.1) is 6.54 Å². The largest absolute Gasteiger partial charge is 0.383 e. The molecule has 90 valence electrons. The average molecular weight is 253 g/mol. The molecular formula is C11H13ClN4O. The Bertz CT molecular complexity index is 561. The minimum Gasteiger partial charge on any atom is -0.383 e. The van der Waals surface area contributed by atoms with Crippen molar-refractivity contribution in [2.24, 2.45) is 7.05 Å². The van der Waals surface area contributed by atoms with Gasteiger partial charge in [-0.1, -0.05) is 17.7 Å². The molecule has 0 aliphatic heterocycles. The lowest BCUT2D eigenvalue weighted by atomic mass is 10.3. The Hall–Kier alpha value is -1.75. The maximum absolute atomic E-state index is 11.5. The van der Waals surface area contributed by atoms with Gasteiger partial charge < -0.3 is 5.32 Å². The molecule has 0 amide bonds. The van der Waals surface area contributed by atoms with E-state index in [9.17, 15) is 4.79 Å². The van der Waals surface area contributed by atoms with E-state index in [1.807, 2.05) is 24.3 Å². The van der Waals surface area contributed by atoms with Crippen LogP contribution in [0.1, 0.15) is 0 Å². The molecule has 0 saturated heterocycles. The summed E-state index contributed by atoms with van der Waals surface area (Å²) in [5.41, 5.74) is 0.819. The lowest BCUT2D eigenvalue weighted by Crippen LogP contribution is -2.25. The van der Waals surface area contributed by atoms with E-state index < -0.39 is 0 Å². The molecule has 1 aromatic carbocycles.